The molecule has 2 aliphatic rings. The lowest BCUT2D eigenvalue weighted by molar-refractivity contribution is -0.0450. The maximum Gasteiger partial charge on any atom is 0.259 e. The summed E-state index contributed by atoms with van der Waals surface area (Å²) in [6, 6.07) is 0. The summed E-state index contributed by atoms with van der Waals surface area (Å²) in [6.07, 6.45) is 4.30. The first kappa shape index (κ1) is 14.6. The highest BCUT2D eigenvalue weighted by molar-refractivity contribution is 5.96. The predicted octanol–water partition coefficient (Wildman–Crippen LogP) is 2.71. The minimum absolute atomic E-state index is 0.0360. The minimum atomic E-state index is -0.117. The number of piperidine rings is 1. The van der Waals surface area contributed by atoms with E-state index in [0.29, 0.717) is 29.5 Å². The van der Waals surface area contributed by atoms with E-state index in [0.717, 1.165) is 38.8 Å². The highest BCUT2D eigenvalue weighted by Crippen LogP contribution is 2.39. The van der Waals surface area contributed by atoms with Crippen molar-refractivity contribution in [2.45, 2.75) is 52.1 Å². The Morgan fingerprint density at radius 1 is 1.48 bits per heavy atom. The summed E-state index contributed by atoms with van der Waals surface area (Å²) in [6.45, 7) is 8.17. The molecule has 0 N–H and O–H groups in total. The van der Waals surface area contributed by atoms with Crippen LogP contribution in [-0.2, 0) is 4.74 Å². The number of hydrogen-bond acceptors (Lipinski definition) is 4. The number of nitrogens with zero attached hydrogens (tertiary/aromatic N) is 2. The number of hydrogen-bond donors (Lipinski definition) is 0. The molecule has 116 valence electrons. The molecule has 1 amide bonds. The first-order valence-electron chi connectivity index (χ1n) is 7.91. The van der Waals surface area contributed by atoms with Crippen LogP contribution >= 0.6 is 0 Å². The summed E-state index contributed by atoms with van der Waals surface area (Å²) < 4.78 is 11.2. The molecule has 0 aromatic carbocycles. The highest BCUT2D eigenvalue weighted by Gasteiger charge is 2.44. The van der Waals surface area contributed by atoms with Crippen molar-refractivity contribution in [2.24, 2.45) is 5.92 Å². The van der Waals surface area contributed by atoms with Crippen LogP contribution in [0.25, 0.3) is 0 Å². The molecule has 1 spiro atoms. The molecular weight excluding hydrogens is 268 g/mol. The lowest BCUT2D eigenvalue weighted by atomic mass is 9.85. The molecule has 2 saturated heterocycles. The number of carbonyl (C=O) groups is 1. The predicted molar refractivity (Wildman–Crippen MR) is 78.2 cm³/mol. The Hall–Kier alpha value is -1.36. The second kappa shape index (κ2) is 5.44. The van der Waals surface area contributed by atoms with Gasteiger partial charge in [0, 0.05) is 13.1 Å². The van der Waals surface area contributed by atoms with Gasteiger partial charge < -0.3 is 14.2 Å². The van der Waals surface area contributed by atoms with Crippen LogP contribution < -0.4 is 0 Å². The Bertz CT molecular complexity index is 520. The van der Waals surface area contributed by atoms with Gasteiger partial charge in [-0.15, -0.1) is 0 Å². The average Bonchev–Trinajstić information content (AvgIpc) is 3.02. The Morgan fingerprint density at radius 2 is 2.29 bits per heavy atom. The maximum atomic E-state index is 12.8. The fraction of sp³-hybridized carbons (Fsp3) is 0.750. The molecule has 2 fully saturated rings. The number of ether oxygens (including phenoxy) is 1. The summed E-state index contributed by atoms with van der Waals surface area (Å²) in [7, 11) is 0. The molecular formula is C16H24N2O3. The molecule has 5 nitrogen and oxygen atoms in total. The van der Waals surface area contributed by atoms with Crippen LogP contribution in [0, 0.1) is 19.8 Å². The minimum Gasteiger partial charge on any atom is -0.373 e. The zero-order chi connectivity index (χ0) is 15.0. The molecule has 0 unspecified atom stereocenters. The standard InChI is InChI=1S/C16H24N2O3/c1-4-13-8-16(20-9-13)6-5-7-18(10-16)15(19)14-11(2)17-21-12(14)3/h13H,4-10H2,1-3H3/t13-,16-/m1/s1. The molecule has 5 heteroatoms. The van der Waals surface area contributed by atoms with E-state index >= 15 is 0 Å². The van der Waals surface area contributed by atoms with E-state index in [1.807, 2.05) is 11.8 Å². The lowest BCUT2D eigenvalue weighted by Gasteiger charge is -2.39. The van der Waals surface area contributed by atoms with Crippen LogP contribution in [0.3, 0.4) is 0 Å². The number of amides is 1. The molecule has 0 aliphatic carbocycles. The van der Waals surface area contributed by atoms with Crippen molar-refractivity contribution in [2.75, 3.05) is 19.7 Å². The number of rotatable bonds is 2. The third kappa shape index (κ3) is 2.59. The second-order valence-electron chi connectivity index (χ2n) is 6.50. The molecule has 0 radical (unpaired) electrons. The van der Waals surface area contributed by atoms with Gasteiger partial charge in [0.05, 0.1) is 17.9 Å². The number of aromatic nitrogens is 1. The molecule has 3 rings (SSSR count). The van der Waals surface area contributed by atoms with Crippen molar-refractivity contribution >= 4 is 5.91 Å². The molecule has 3 heterocycles. The number of aryl methyl sites for hydroxylation is 2. The summed E-state index contributed by atoms with van der Waals surface area (Å²) in [4.78, 5) is 14.7. The largest absolute Gasteiger partial charge is 0.373 e. The van der Waals surface area contributed by atoms with E-state index in [9.17, 15) is 4.79 Å². The summed E-state index contributed by atoms with van der Waals surface area (Å²) in [5.41, 5.74) is 1.18. The van der Waals surface area contributed by atoms with Gasteiger partial charge in [0.15, 0.2) is 0 Å². The second-order valence-corrected chi connectivity index (χ2v) is 6.50. The molecule has 0 bridgehead atoms. The van der Waals surface area contributed by atoms with Crippen molar-refractivity contribution in [3.8, 4) is 0 Å². The topological polar surface area (TPSA) is 55.6 Å². The van der Waals surface area contributed by atoms with Crippen LogP contribution in [0.15, 0.2) is 4.52 Å². The summed E-state index contributed by atoms with van der Waals surface area (Å²) in [5.74, 6) is 1.28. The van der Waals surface area contributed by atoms with Crippen LogP contribution in [0.1, 0.15) is 54.4 Å². The van der Waals surface area contributed by atoms with Crippen molar-refractivity contribution in [1.82, 2.24) is 10.1 Å². The van der Waals surface area contributed by atoms with E-state index in [1.165, 1.54) is 0 Å². The monoisotopic (exact) mass is 292 g/mol. The smallest absolute Gasteiger partial charge is 0.259 e. The normalized spacial score (nSPS) is 29.3. The SMILES string of the molecule is CC[C@H]1CO[C@]2(CCCN(C(=O)c3c(C)noc3C)C2)C1. The van der Waals surface area contributed by atoms with Gasteiger partial charge in [-0.3, -0.25) is 4.79 Å². The number of likely N-dealkylation sites (tertiary alicyclic amines) is 1. The molecule has 2 aliphatic heterocycles. The van der Waals surface area contributed by atoms with Crippen LogP contribution in [0.4, 0.5) is 0 Å². The third-order valence-electron chi connectivity index (χ3n) is 4.94. The molecule has 21 heavy (non-hydrogen) atoms. The first-order chi connectivity index (χ1) is 10.0. The Labute approximate surface area is 125 Å². The van der Waals surface area contributed by atoms with Crippen molar-refractivity contribution in [3.05, 3.63) is 17.0 Å². The van der Waals surface area contributed by atoms with Crippen molar-refractivity contribution in [1.29, 1.82) is 0 Å². The van der Waals surface area contributed by atoms with Gasteiger partial charge in [0.1, 0.15) is 11.3 Å². The fourth-order valence-electron chi connectivity index (χ4n) is 3.70. The van der Waals surface area contributed by atoms with Gasteiger partial charge in [-0.05, 0) is 39.0 Å². The zero-order valence-corrected chi connectivity index (χ0v) is 13.1. The zero-order valence-electron chi connectivity index (χ0n) is 13.1. The van der Waals surface area contributed by atoms with Gasteiger partial charge >= 0.3 is 0 Å². The summed E-state index contributed by atoms with van der Waals surface area (Å²) >= 11 is 0. The Balaban J connectivity index is 1.76. The fourth-order valence-corrected chi connectivity index (χ4v) is 3.70. The third-order valence-corrected chi connectivity index (χ3v) is 4.94. The summed E-state index contributed by atoms with van der Waals surface area (Å²) in [5, 5.41) is 3.89. The van der Waals surface area contributed by atoms with Gasteiger partial charge in [-0.1, -0.05) is 18.5 Å². The van der Waals surface area contributed by atoms with Crippen LogP contribution in [-0.4, -0.2) is 41.3 Å². The van der Waals surface area contributed by atoms with Gasteiger partial charge in [0.2, 0.25) is 0 Å². The van der Waals surface area contributed by atoms with E-state index in [4.69, 9.17) is 9.26 Å². The van der Waals surface area contributed by atoms with Gasteiger partial charge in [-0.2, -0.15) is 0 Å². The van der Waals surface area contributed by atoms with Crippen molar-refractivity contribution < 1.29 is 14.1 Å². The van der Waals surface area contributed by atoms with E-state index < -0.39 is 0 Å². The first-order valence-corrected chi connectivity index (χ1v) is 7.91. The molecule has 1 aromatic rings. The maximum absolute atomic E-state index is 12.8. The van der Waals surface area contributed by atoms with Crippen LogP contribution in [0.2, 0.25) is 0 Å². The Morgan fingerprint density at radius 3 is 2.90 bits per heavy atom. The molecule has 1 aromatic heterocycles. The van der Waals surface area contributed by atoms with E-state index in [1.54, 1.807) is 6.92 Å². The highest BCUT2D eigenvalue weighted by atomic mass is 16.5. The van der Waals surface area contributed by atoms with E-state index in [-0.39, 0.29) is 11.5 Å². The Kier molecular flexibility index (Phi) is 3.78. The molecule has 0 saturated carbocycles. The number of carbonyl (C=O) groups excluding carboxylic acids is 1. The van der Waals surface area contributed by atoms with Gasteiger partial charge in [0.25, 0.3) is 5.91 Å². The average molecular weight is 292 g/mol. The van der Waals surface area contributed by atoms with E-state index in [2.05, 4.69) is 12.1 Å². The quantitative estimate of drug-likeness (QED) is 0.841. The van der Waals surface area contributed by atoms with Crippen LogP contribution in [0.5, 0.6) is 0 Å². The van der Waals surface area contributed by atoms with Crippen molar-refractivity contribution in [3.63, 3.8) is 0 Å². The molecule has 2 atom stereocenters. The van der Waals surface area contributed by atoms with Gasteiger partial charge in [-0.25, -0.2) is 0 Å². The lowest BCUT2D eigenvalue weighted by Crippen LogP contribution is -2.50.